The summed E-state index contributed by atoms with van der Waals surface area (Å²) in [4.78, 5) is 22.0. The first-order valence-electron chi connectivity index (χ1n) is 5.24. The van der Waals surface area contributed by atoms with Gasteiger partial charge in [-0.3, -0.25) is 9.59 Å². The van der Waals surface area contributed by atoms with E-state index in [1.165, 1.54) is 0 Å². The molecule has 0 aromatic heterocycles. The lowest BCUT2D eigenvalue weighted by Gasteiger charge is -2.11. The van der Waals surface area contributed by atoms with Crippen molar-refractivity contribution in [2.24, 2.45) is 0 Å². The van der Waals surface area contributed by atoms with E-state index in [9.17, 15) is 35.9 Å². The Balaban J connectivity index is 3.04. The first kappa shape index (κ1) is 16.2. The summed E-state index contributed by atoms with van der Waals surface area (Å²) in [5.41, 5.74) is -1.88. The lowest BCUT2D eigenvalue weighted by Crippen LogP contribution is -2.25. The minimum absolute atomic E-state index is 0.170. The van der Waals surface area contributed by atoms with E-state index in [0.29, 0.717) is 6.07 Å². The van der Waals surface area contributed by atoms with Gasteiger partial charge in [-0.15, -0.1) is 0 Å². The highest BCUT2D eigenvalue weighted by atomic mass is 19.4. The van der Waals surface area contributed by atoms with Gasteiger partial charge in [-0.05, 0) is 18.6 Å². The second-order valence-corrected chi connectivity index (χ2v) is 4.05. The predicted molar refractivity (Wildman–Crippen MR) is 56.2 cm³/mol. The summed E-state index contributed by atoms with van der Waals surface area (Å²) in [7, 11) is 0. The van der Waals surface area contributed by atoms with Crippen molar-refractivity contribution in [3.05, 3.63) is 34.9 Å². The third-order valence-electron chi connectivity index (χ3n) is 2.50. The van der Waals surface area contributed by atoms with Crippen molar-refractivity contribution in [3.63, 3.8) is 0 Å². The van der Waals surface area contributed by atoms with Gasteiger partial charge in [-0.2, -0.15) is 26.3 Å². The Hall–Kier alpha value is -1.86. The molecule has 8 heteroatoms. The van der Waals surface area contributed by atoms with Crippen LogP contribution < -0.4 is 0 Å². The van der Waals surface area contributed by atoms with Gasteiger partial charge >= 0.3 is 12.4 Å². The number of carbonyl (C=O) groups excluding carboxylic acids is 2. The fraction of sp³-hybridized carbons (Fsp3) is 0.333. The van der Waals surface area contributed by atoms with Crippen LogP contribution in [0.5, 0.6) is 0 Å². The SMILES string of the molecule is Cc1ccc(C(=O)CC(=O)C(F)(F)F)cc1C(F)(F)F. The van der Waals surface area contributed by atoms with Crippen LogP contribution in [0.4, 0.5) is 26.3 Å². The highest BCUT2D eigenvalue weighted by molar-refractivity contribution is 6.09. The van der Waals surface area contributed by atoms with Gasteiger partial charge in [-0.25, -0.2) is 0 Å². The summed E-state index contributed by atoms with van der Waals surface area (Å²) in [5.74, 6) is -3.60. The number of halogens is 6. The Morgan fingerprint density at radius 2 is 1.60 bits per heavy atom. The van der Waals surface area contributed by atoms with Crippen LogP contribution in [0.1, 0.15) is 27.9 Å². The molecule has 0 aliphatic rings. The standard InChI is InChI=1S/C12H8F6O2/c1-6-2-3-7(4-8(6)11(13,14)15)9(19)5-10(20)12(16,17)18/h2-4H,5H2,1H3. The molecule has 0 radical (unpaired) electrons. The third-order valence-corrected chi connectivity index (χ3v) is 2.50. The second-order valence-electron chi connectivity index (χ2n) is 4.05. The Bertz CT molecular complexity index is 542. The molecule has 1 aromatic rings. The Kier molecular flexibility index (Phi) is 4.26. The molecule has 0 spiro atoms. The number of hydrogen-bond acceptors (Lipinski definition) is 2. The quantitative estimate of drug-likeness (QED) is 0.484. The molecular weight excluding hydrogens is 290 g/mol. The highest BCUT2D eigenvalue weighted by Gasteiger charge is 2.39. The van der Waals surface area contributed by atoms with Crippen molar-refractivity contribution in [1.82, 2.24) is 0 Å². The number of ketones is 2. The molecule has 0 fully saturated rings. The fourth-order valence-electron chi connectivity index (χ4n) is 1.45. The average Bonchev–Trinajstić information content (AvgIpc) is 2.26. The fourth-order valence-corrected chi connectivity index (χ4v) is 1.45. The van der Waals surface area contributed by atoms with E-state index in [2.05, 4.69) is 0 Å². The molecule has 0 unspecified atom stereocenters. The van der Waals surface area contributed by atoms with Crippen LogP contribution >= 0.6 is 0 Å². The van der Waals surface area contributed by atoms with Gasteiger partial charge in [0, 0.05) is 5.56 Å². The van der Waals surface area contributed by atoms with Gasteiger partial charge in [0.05, 0.1) is 12.0 Å². The van der Waals surface area contributed by atoms with Gasteiger partial charge < -0.3 is 0 Å². The third kappa shape index (κ3) is 3.82. The maximum Gasteiger partial charge on any atom is 0.450 e. The number of hydrogen-bond donors (Lipinski definition) is 0. The minimum atomic E-state index is -5.19. The van der Waals surface area contributed by atoms with E-state index in [4.69, 9.17) is 0 Å². The zero-order chi connectivity index (χ0) is 15.7. The zero-order valence-corrected chi connectivity index (χ0v) is 10.0. The number of benzene rings is 1. The normalized spacial score (nSPS) is 12.3. The molecule has 1 aromatic carbocycles. The number of alkyl halides is 6. The summed E-state index contributed by atoms with van der Waals surface area (Å²) >= 11 is 0. The van der Waals surface area contributed by atoms with E-state index >= 15 is 0 Å². The smallest absolute Gasteiger partial charge is 0.294 e. The molecule has 0 saturated heterocycles. The second kappa shape index (κ2) is 5.26. The van der Waals surface area contributed by atoms with E-state index in [0.717, 1.165) is 19.1 Å². The number of Topliss-reactive ketones (excluding diaryl/α,β-unsaturated/α-hetero) is 2. The molecule has 0 bridgehead atoms. The van der Waals surface area contributed by atoms with Gasteiger partial charge in [0.15, 0.2) is 5.78 Å². The first-order chi connectivity index (χ1) is 8.93. The van der Waals surface area contributed by atoms with Crippen molar-refractivity contribution >= 4 is 11.6 Å². The summed E-state index contributed by atoms with van der Waals surface area (Å²) in [6.45, 7) is 1.15. The van der Waals surface area contributed by atoms with Crippen LogP contribution in [0.3, 0.4) is 0 Å². The number of rotatable bonds is 3. The van der Waals surface area contributed by atoms with E-state index in [1.807, 2.05) is 0 Å². The van der Waals surface area contributed by atoms with Crippen molar-refractivity contribution in [2.45, 2.75) is 25.7 Å². The zero-order valence-electron chi connectivity index (χ0n) is 10.0. The molecule has 0 aliphatic heterocycles. The average molecular weight is 298 g/mol. The van der Waals surface area contributed by atoms with E-state index in [-0.39, 0.29) is 5.56 Å². The summed E-state index contributed by atoms with van der Waals surface area (Å²) < 4.78 is 73.7. The summed E-state index contributed by atoms with van der Waals surface area (Å²) in [6.07, 6.45) is -11.4. The van der Waals surface area contributed by atoms with Crippen LogP contribution in [0.25, 0.3) is 0 Å². The molecule has 0 N–H and O–H groups in total. The minimum Gasteiger partial charge on any atom is -0.294 e. The lowest BCUT2D eigenvalue weighted by atomic mass is 9.99. The maximum absolute atomic E-state index is 12.6. The van der Waals surface area contributed by atoms with E-state index in [1.54, 1.807) is 0 Å². The van der Waals surface area contributed by atoms with Crippen LogP contribution in [0.2, 0.25) is 0 Å². The maximum atomic E-state index is 12.6. The van der Waals surface area contributed by atoms with Gasteiger partial charge in [0.2, 0.25) is 5.78 Å². The molecule has 110 valence electrons. The van der Waals surface area contributed by atoms with E-state index < -0.39 is 41.5 Å². The first-order valence-corrected chi connectivity index (χ1v) is 5.24. The number of carbonyl (C=O) groups is 2. The van der Waals surface area contributed by atoms with Crippen molar-refractivity contribution < 1.29 is 35.9 Å². The Morgan fingerprint density at radius 1 is 1.05 bits per heavy atom. The Labute approximate surface area is 109 Å². The molecule has 1 rings (SSSR count). The van der Waals surface area contributed by atoms with Gasteiger partial charge in [0.1, 0.15) is 0 Å². The number of aryl methyl sites for hydroxylation is 1. The molecule has 0 aliphatic carbocycles. The molecule has 20 heavy (non-hydrogen) atoms. The van der Waals surface area contributed by atoms with Gasteiger partial charge in [0.25, 0.3) is 0 Å². The van der Waals surface area contributed by atoms with Crippen LogP contribution in [-0.2, 0) is 11.0 Å². The predicted octanol–water partition coefficient (Wildman–Crippen LogP) is 3.72. The molecule has 0 amide bonds. The van der Waals surface area contributed by atoms with Crippen molar-refractivity contribution in [2.75, 3.05) is 0 Å². The topological polar surface area (TPSA) is 34.1 Å². The summed E-state index contributed by atoms with van der Waals surface area (Å²) in [5, 5.41) is 0. The largest absolute Gasteiger partial charge is 0.450 e. The lowest BCUT2D eigenvalue weighted by molar-refractivity contribution is -0.170. The highest BCUT2D eigenvalue weighted by Crippen LogP contribution is 2.32. The molecular formula is C12H8F6O2. The monoisotopic (exact) mass is 298 g/mol. The molecule has 0 atom stereocenters. The molecule has 2 nitrogen and oxygen atoms in total. The summed E-state index contributed by atoms with van der Waals surface area (Å²) in [6, 6.07) is 2.37. The Morgan fingerprint density at radius 3 is 2.05 bits per heavy atom. The molecule has 0 saturated carbocycles. The van der Waals surface area contributed by atoms with Crippen LogP contribution in [0, 0.1) is 6.92 Å². The van der Waals surface area contributed by atoms with Crippen LogP contribution in [-0.4, -0.2) is 17.7 Å². The van der Waals surface area contributed by atoms with Crippen LogP contribution in [0.15, 0.2) is 18.2 Å². The van der Waals surface area contributed by atoms with Crippen molar-refractivity contribution in [3.8, 4) is 0 Å². The molecule has 0 heterocycles. The van der Waals surface area contributed by atoms with Crippen molar-refractivity contribution in [1.29, 1.82) is 0 Å². The van der Waals surface area contributed by atoms with Gasteiger partial charge in [-0.1, -0.05) is 12.1 Å².